The molecule has 2 aliphatic heterocycles. The third-order valence-electron chi connectivity index (χ3n) is 5.78. The summed E-state index contributed by atoms with van der Waals surface area (Å²) in [5.41, 5.74) is 2.84. The average Bonchev–Trinajstić information content (AvgIpc) is 3.10. The van der Waals surface area contributed by atoms with Crippen LogP contribution in [0.2, 0.25) is 0 Å². The summed E-state index contributed by atoms with van der Waals surface area (Å²) in [5, 5.41) is 2.96. The van der Waals surface area contributed by atoms with Gasteiger partial charge in [0.15, 0.2) is 0 Å². The Hall–Kier alpha value is -2.89. The molecule has 2 aliphatic rings. The Bertz CT molecular complexity index is 878. The zero-order chi connectivity index (χ0) is 20.2. The molecule has 4 rings (SSSR count). The van der Waals surface area contributed by atoms with Gasteiger partial charge in [-0.1, -0.05) is 30.3 Å². The van der Waals surface area contributed by atoms with Gasteiger partial charge >= 0.3 is 0 Å². The fourth-order valence-electron chi connectivity index (χ4n) is 4.22. The van der Waals surface area contributed by atoms with E-state index in [4.69, 9.17) is 0 Å². The van der Waals surface area contributed by atoms with Crippen LogP contribution in [0.5, 0.6) is 0 Å². The summed E-state index contributed by atoms with van der Waals surface area (Å²) < 4.78 is 0. The van der Waals surface area contributed by atoms with E-state index in [1.807, 2.05) is 43.3 Å². The number of hydrogen-bond donors (Lipinski definition) is 1. The number of amides is 2. The van der Waals surface area contributed by atoms with Gasteiger partial charge in [-0.2, -0.15) is 0 Å². The van der Waals surface area contributed by atoms with Crippen LogP contribution >= 0.6 is 0 Å². The van der Waals surface area contributed by atoms with E-state index in [1.165, 1.54) is 19.3 Å². The molecule has 2 amide bonds. The second-order valence-corrected chi connectivity index (χ2v) is 8.06. The molecule has 0 spiro atoms. The van der Waals surface area contributed by atoms with E-state index in [0.29, 0.717) is 18.8 Å². The van der Waals surface area contributed by atoms with Gasteiger partial charge in [0, 0.05) is 32.6 Å². The van der Waals surface area contributed by atoms with Crippen molar-refractivity contribution in [3.63, 3.8) is 0 Å². The number of carbonyl (C=O) groups is 2. The minimum absolute atomic E-state index is 0.0313. The van der Waals surface area contributed by atoms with Gasteiger partial charge in [-0.15, -0.1) is 0 Å². The molecule has 0 bridgehead atoms. The first-order chi connectivity index (χ1) is 14.1. The molecule has 1 N–H and O–H groups in total. The molecule has 6 nitrogen and oxygen atoms in total. The standard InChI is InChI=1S/C23H28N4O2/c1-17-12-20(14-24-22(17)26-10-6-3-7-11-26)25-23(29)19-13-21(28)27(16-19)15-18-8-4-2-5-9-18/h2,4-5,8-9,12,14,19H,3,6-7,10-11,13,15-16H2,1H3,(H,25,29)/t19-/m0/s1. The van der Waals surface area contributed by atoms with E-state index in [-0.39, 0.29) is 24.2 Å². The first kappa shape index (κ1) is 19.4. The lowest BCUT2D eigenvalue weighted by Gasteiger charge is -2.29. The molecule has 0 radical (unpaired) electrons. The third-order valence-corrected chi connectivity index (χ3v) is 5.78. The number of benzene rings is 1. The molecule has 0 aliphatic carbocycles. The first-order valence-corrected chi connectivity index (χ1v) is 10.4. The van der Waals surface area contributed by atoms with Crippen LogP contribution in [0.3, 0.4) is 0 Å². The highest BCUT2D eigenvalue weighted by atomic mass is 16.2. The van der Waals surface area contributed by atoms with Crippen molar-refractivity contribution < 1.29 is 9.59 Å². The smallest absolute Gasteiger partial charge is 0.229 e. The number of pyridine rings is 1. The zero-order valence-corrected chi connectivity index (χ0v) is 16.9. The molecule has 0 unspecified atom stereocenters. The Labute approximate surface area is 171 Å². The number of hydrogen-bond acceptors (Lipinski definition) is 4. The molecule has 2 saturated heterocycles. The van der Waals surface area contributed by atoms with Crippen molar-refractivity contribution in [3.05, 3.63) is 53.7 Å². The maximum absolute atomic E-state index is 12.7. The van der Waals surface area contributed by atoms with Crippen LogP contribution in [0, 0.1) is 12.8 Å². The van der Waals surface area contributed by atoms with Gasteiger partial charge in [0.05, 0.1) is 17.8 Å². The van der Waals surface area contributed by atoms with Crippen molar-refractivity contribution in [2.24, 2.45) is 5.92 Å². The Kier molecular flexibility index (Phi) is 5.79. The van der Waals surface area contributed by atoms with Gasteiger partial charge in [0.1, 0.15) is 5.82 Å². The van der Waals surface area contributed by atoms with Crippen LogP contribution in [0.25, 0.3) is 0 Å². The second kappa shape index (κ2) is 8.64. The molecular weight excluding hydrogens is 364 g/mol. The topological polar surface area (TPSA) is 65.5 Å². The summed E-state index contributed by atoms with van der Waals surface area (Å²) in [4.78, 5) is 33.8. The van der Waals surface area contributed by atoms with E-state index >= 15 is 0 Å². The Balaban J connectivity index is 1.36. The molecule has 3 heterocycles. The Morgan fingerprint density at radius 1 is 1.17 bits per heavy atom. The number of likely N-dealkylation sites (tertiary alicyclic amines) is 1. The van der Waals surface area contributed by atoms with Crippen molar-refractivity contribution in [1.29, 1.82) is 0 Å². The van der Waals surface area contributed by atoms with E-state index in [1.54, 1.807) is 11.1 Å². The number of aromatic nitrogens is 1. The highest BCUT2D eigenvalue weighted by Crippen LogP contribution is 2.25. The summed E-state index contributed by atoms with van der Waals surface area (Å²) in [6.07, 6.45) is 5.68. The molecule has 1 atom stereocenters. The van der Waals surface area contributed by atoms with Crippen molar-refractivity contribution in [2.75, 3.05) is 29.9 Å². The maximum atomic E-state index is 12.7. The second-order valence-electron chi connectivity index (χ2n) is 8.06. The maximum Gasteiger partial charge on any atom is 0.229 e. The Morgan fingerprint density at radius 2 is 1.93 bits per heavy atom. The Morgan fingerprint density at radius 3 is 2.66 bits per heavy atom. The third kappa shape index (κ3) is 4.58. The van der Waals surface area contributed by atoms with Crippen molar-refractivity contribution in [3.8, 4) is 0 Å². The number of piperidine rings is 1. The van der Waals surface area contributed by atoms with Crippen molar-refractivity contribution >= 4 is 23.3 Å². The molecule has 0 saturated carbocycles. The van der Waals surface area contributed by atoms with Gasteiger partial charge in [-0.25, -0.2) is 4.98 Å². The molecule has 2 aromatic rings. The molecule has 2 fully saturated rings. The molecule has 29 heavy (non-hydrogen) atoms. The highest BCUT2D eigenvalue weighted by molar-refractivity contribution is 5.97. The molecule has 1 aromatic heterocycles. The number of nitrogens with zero attached hydrogens (tertiary/aromatic N) is 3. The average molecular weight is 393 g/mol. The molecule has 6 heteroatoms. The molecule has 152 valence electrons. The van der Waals surface area contributed by atoms with Gasteiger partial charge in [-0.05, 0) is 43.4 Å². The highest BCUT2D eigenvalue weighted by Gasteiger charge is 2.34. The summed E-state index contributed by atoms with van der Waals surface area (Å²) in [6.45, 7) is 5.13. The van der Waals surface area contributed by atoms with Gasteiger partial charge in [0.25, 0.3) is 0 Å². The SMILES string of the molecule is Cc1cc(NC(=O)[C@H]2CC(=O)N(Cc3ccccc3)C2)cnc1N1CCCCC1. The van der Waals surface area contributed by atoms with Crippen LogP contribution in [0.15, 0.2) is 42.6 Å². The summed E-state index contributed by atoms with van der Waals surface area (Å²) >= 11 is 0. The van der Waals surface area contributed by atoms with Crippen LogP contribution in [-0.2, 0) is 16.1 Å². The van der Waals surface area contributed by atoms with E-state index in [9.17, 15) is 9.59 Å². The van der Waals surface area contributed by atoms with Gasteiger partial charge < -0.3 is 15.1 Å². The summed E-state index contributed by atoms with van der Waals surface area (Å²) in [5.74, 6) is 0.602. The van der Waals surface area contributed by atoms with Gasteiger partial charge in [-0.3, -0.25) is 9.59 Å². The van der Waals surface area contributed by atoms with Crippen LogP contribution in [-0.4, -0.2) is 41.3 Å². The quantitative estimate of drug-likeness (QED) is 0.847. The first-order valence-electron chi connectivity index (χ1n) is 10.4. The molecular formula is C23H28N4O2. The zero-order valence-electron chi connectivity index (χ0n) is 16.9. The lowest BCUT2D eigenvalue weighted by molar-refractivity contribution is -0.128. The number of rotatable bonds is 5. The monoisotopic (exact) mass is 392 g/mol. The normalized spacial score (nSPS) is 19.5. The minimum atomic E-state index is -0.326. The van der Waals surface area contributed by atoms with Gasteiger partial charge in [0.2, 0.25) is 11.8 Å². The molecule has 1 aromatic carbocycles. The summed E-state index contributed by atoms with van der Waals surface area (Å²) in [6, 6.07) is 11.9. The van der Waals surface area contributed by atoms with Crippen LogP contribution in [0.4, 0.5) is 11.5 Å². The fraction of sp³-hybridized carbons (Fsp3) is 0.435. The largest absolute Gasteiger partial charge is 0.356 e. The van der Waals surface area contributed by atoms with Crippen molar-refractivity contribution in [1.82, 2.24) is 9.88 Å². The number of anilines is 2. The van der Waals surface area contributed by atoms with Crippen LogP contribution in [0.1, 0.15) is 36.8 Å². The van der Waals surface area contributed by atoms with E-state index < -0.39 is 0 Å². The fourth-order valence-corrected chi connectivity index (χ4v) is 4.22. The summed E-state index contributed by atoms with van der Waals surface area (Å²) in [7, 11) is 0. The predicted molar refractivity (Wildman–Crippen MR) is 114 cm³/mol. The number of carbonyl (C=O) groups excluding carboxylic acids is 2. The predicted octanol–water partition coefficient (Wildman–Crippen LogP) is 3.37. The number of nitrogens with one attached hydrogen (secondary N) is 1. The minimum Gasteiger partial charge on any atom is -0.356 e. The lowest BCUT2D eigenvalue weighted by atomic mass is 10.1. The van der Waals surface area contributed by atoms with E-state index in [2.05, 4.69) is 15.2 Å². The lowest BCUT2D eigenvalue weighted by Crippen LogP contribution is -2.31. The van der Waals surface area contributed by atoms with Crippen molar-refractivity contribution in [2.45, 2.75) is 39.2 Å². The van der Waals surface area contributed by atoms with E-state index in [0.717, 1.165) is 30.0 Å². The number of aryl methyl sites for hydroxylation is 1. The van der Waals surface area contributed by atoms with Crippen LogP contribution < -0.4 is 10.2 Å².